The molecule has 0 heterocycles. The minimum atomic E-state index is -0.639. The molecule has 1 aliphatic carbocycles. The predicted molar refractivity (Wildman–Crippen MR) is 78.9 cm³/mol. The van der Waals surface area contributed by atoms with Gasteiger partial charge in [-0.3, -0.25) is 9.59 Å². The fourth-order valence-corrected chi connectivity index (χ4v) is 1.30. The lowest BCUT2D eigenvalue weighted by Crippen LogP contribution is -2.24. The van der Waals surface area contributed by atoms with Crippen LogP contribution in [0, 0.1) is 5.92 Å². The molecule has 0 bridgehead atoms. The molecule has 0 unspecified atom stereocenters. The first-order chi connectivity index (χ1) is 7.88. The molecule has 2 amide bonds. The molecule has 1 saturated carbocycles. The molecule has 1 rings (SSSR count). The van der Waals surface area contributed by atoms with Gasteiger partial charge in [-0.25, -0.2) is 0 Å². The second-order valence-electron chi connectivity index (χ2n) is 3.64. The van der Waals surface area contributed by atoms with Gasteiger partial charge >= 0.3 is 0 Å². The van der Waals surface area contributed by atoms with E-state index in [1.165, 1.54) is 19.3 Å². The van der Waals surface area contributed by atoms with Crippen LogP contribution in [0.3, 0.4) is 0 Å². The monoisotopic (exact) mass is 280 g/mol. The quantitative estimate of drug-likeness (QED) is 0.695. The first kappa shape index (κ1) is 19.0. The summed E-state index contributed by atoms with van der Waals surface area (Å²) in [6, 6.07) is 0. The molecule has 1 aliphatic rings. The van der Waals surface area contributed by atoms with Crippen molar-refractivity contribution in [1.82, 2.24) is 4.90 Å². The van der Waals surface area contributed by atoms with Crippen LogP contribution in [-0.4, -0.2) is 28.5 Å². The Labute approximate surface area is 115 Å². The van der Waals surface area contributed by atoms with E-state index in [9.17, 15) is 4.79 Å². The molecule has 0 aromatic heterocycles. The second-order valence-corrected chi connectivity index (χ2v) is 4.47. The molecule has 2 N–H and O–H groups in total. The van der Waals surface area contributed by atoms with Crippen molar-refractivity contribution in [3.63, 3.8) is 0 Å². The standard InChI is InChI=1S/C5H11NOS.C5H10.CH3NOS/c1-3-6(4-2)5(7)8;1-2-5-3-4-5;2-1(3)4/h3-4H2,1-2H3,(H,7,8);5H,2-4H2,1H3;(H3,2,3,4). The van der Waals surface area contributed by atoms with Crippen molar-refractivity contribution < 1.29 is 9.59 Å². The summed E-state index contributed by atoms with van der Waals surface area (Å²) in [5.74, 6) is 1.13. The van der Waals surface area contributed by atoms with Crippen LogP contribution in [0.4, 0.5) is 9.59 Å². The fourth-order valence-electron chi connectivity index (χ4n) is 1.02. The number of amides is 2. The Kier molecular flexibility index (Phi) is 13.5. The number of hydrogen-bond donors (Lipinski definition) is 3. The van der Waals surface area contributed by atoms with Gasteiger partial charge < -0.3 is 10.6 Å². The summed E-state index contributed by atoms with van der Waals surface area (Å²) in [6.07, 6.45) is 4.44. The van der Waals surface area contributed by atoms with E-state index in [0.717, 1.165) is 19.0 Å². The third-order valence-corrected chi connectivity index (χ3v) is 2.59. The van der Waals surface area contributed by atoms with Gasteiger partial charge in [-0.15, -0.1) is 0 Å². The Hall–Kier alpha value is -0.360. The summed E-state index contributed by atoms with van der Waals surface area (Å²) in [5.41, 5.74) is 4.34. The molecular weight excluding hydrogens is 256 g/mol. The number of thiol groups is 2. The van der Waals surface area contributed by atoms with Crippen molar-refractivity contribution in [2.24, 2.45) is 11.7 Å². The molecule has 0 aromatic carbocycles. The van der Waals surface area contributed by atoms with Crippen LogP contribution in [-0.2, 0) is 0 Å². The van der Waals surface area contributed by atoms with Crippen LogP contribution in [0.25, 0.3) is 0 Å². The van der Waals surface area contributed by atoms with Crippen LogP contribution in [0.5, 0.6) is 0 Å². The van der Waals surface area contributed by atoms with Gasteiger partial charge in [0.05, 0.1) is 0 Å². The minimum absolute atomic E-state index is 0.144. The van der Waals surface area contributed by atoms with E-state index in [4.69, 9.17) is 4.79 Å². The van der Waals surface area contributed by atoms with E-state index in [0.29, 0.717) is 0 Å². The molecule has 0 spiro atoms. The van der Waals surface area contributed by atoms with E-state index in [-0.39, 0.29) is 5.24 Å². The molecule has 0 saturated heterocycles. The topological polar surface area (TPSA) is 63.4 Å². The Bertz CT molecular complexity index is 214. The maximum atomic E-state index is 10.4. The number of nitrogens with two attached hydrogens (primary N) is 1. The summed E-state index contributed by atoms with van der Waals surface area (Å²) in [4.78, 5) is 21.1. The summed E-state index contributed by atoms with van der Waals surface area (Å²) in [6.45, 7) is 7.62. The molecule has 17 heavy (non-hydrogen) atoms. The van der Waals surface area contributed by atoms with Crippen molar-refractivity contribution in [3.8, 4) is 0 Å². The molecular formula is C11H24N2O2S2. The third kappa shape index (κ3) is 18.2. The zero-order valence-corrected chi connectivity index (χ0v) is 12.6. The van der Waals surface area contributed by atoms with Crippen LogP contribution in [0.15, 0.2) is 0 Å². The Balaban J connectivity index is 0. The summed E-state index contributed by atoms with van der Waals surface area (Å²) < 4.78 is 0. The van der Waals surface area contributed by atoms with Crippen molar-refractivity contribution in [2.45, 2.75) is 40.0 Å². The van der Waals surface area contributed by atoms with E-state index in [1.54, 1.807) is 4.90 Å². The minimum Gasteiger partial charge on any atom is -0.361 e. The van der Waals surface area contributed by atoms with E-state index >= 15 is 0 Å². The summed E-state index contributed by atoms with van der Waals surface area (Å²) in [7, 11) is 0. The highest BCUT2D eigenvalue weighted by molar-refractivity contribution is 7.96. The Morgan fingerprint density at radius 2 is 1.53 bits per heavy atom. The maximum Gasteiger partial charge on any atom is 0.278 e. The van der Waals surface area contributed by atoms with E-state index < -0.39 is 5.24 Å². The molecule has 1 fully saturated rings. The highest BCUT2D eigenvalue weighted by Crippen LogP contribution is 2.31. The third-order valence-electron chi connectivity index (χ3n) is 2.31. The van der Waals surface area contributed by atoms with Gasteiger partial charge in [-0.05, 0) is 19.8 Å². The first-order valence-electron chi connectivity index (χ1n) is 5.85. The molecule has 0 radical (unpaired) electrons. The summed E-state index contributed by atoms with van der Waals surface area (Å²) >= 11 is 6.75. The lowest BCUT2D eigenvalue weighted by Gasteiger charge is -2.13. The van der Waals surface area contributed by atoms with Gasteiger partial charge in [-0.1, -0.05) is 51.4 Å². The number of hydrogen-bond acceptors (Lipinski definition) is 2. The zero-order valence-electron chi connectivity index (χ0n) is 10.8. The van der Waals surface area contributed by atoms with Crippen molar-refractivity contribution in [2.75, 3.05) is 13.1 Å². The van der Waals surface area contributed by atoms with Crippen molar-refractivity contribution in [3.05, 3.63) is 0 Å². The van der Waals surface area contributed by atoms with E-state index in [2.05, 4.69) is 37.9 Å². The second kappa shape index (κ2) is 12.1. The van der Waals surface area contributed by atoms with Crippen LogP contribution >= 0.6 is 25.3 Å². The van der Waals surface area contributed by atoms with Gasteiger partial charge in [0.15, 0.2) is 0 Å². The van der Waals surface area contributed by atoms with Crippen molar-refractivity contribution in [1.29, 1.82) is 0 Å². The molecule has 0 aliphatic heterocycles. The average Bonchev–Trinajstić information content (AvgIpc) is 3.02. The molecule has 0 atom stereocenters. The predicted octanol–water partition coefficient (Wildman–Crippen LogP) is 3.18. The number of primary amides is 1. The SMILES string of the molecule is CCC1CC1.CCN(CC)C(=O)S.NC(=O)S. The smallest absolute Gasteiger partial charge is 0.278 e. The molecule has 4 nitrogen and oxygen atoms in total. The van der Waals surface area contributed by atoms with Crippen LogP contribution in [0.2, 0.25) is 0 Å². The lowest BCUT2D eigenvalue weighted by atomic mass is 10.3. The van der Waals surface area contributed by atoms with E-state index in [1.807, 2.05) is 13.8 Å². The Morgan fingerprint density at radius 3 is 1.53 bits per heavy atom. The highest BCUT2D eigenvalue weighted by atomic mass is 32.1. The number of rotatable bonds is 3. The normalized spacial score (nSPS) is 12.5. The molecule has 102 valence electrons. The number of nitrogens with zero attached hydrogens (tertiary/aromatic N) is 1. The molecule has 6 heteroatoms. The first-order valence-corrected chi connectivity index (χ1v) is 6.74. The van der Waals surface area contributed by atoms with Gasteiger partial charge in [0.25, 0.3) is 10.5 Å². The number of carbonyl (C=O) groups is 2. The van der Waals surface area contributed by atoms with Gasteiger partial charge in [0, 0.05) is 13.1 Å². The van der Waals surface area contributed by atoms with Gasteiger partial charge in [-0.2, -0.15) is 0 Å². The Morgan fingerprint density at radius 1 is 1.18 bits per heavy atom. The van der Waals surface area contributed by atoms with Crippen molar-refractivity contribution >= 4 is 35.7 Å². The molecule has 0 aromatic rings. The average molecular weight is 280 g/mol. The lowest BCUT2D eigenvalue weighted by molar-refractivity contribution is 0.229. The van der Waals surface area contributed by atoms with Gasteiger partial charge in [0.2, 0.25) is 0 Å². The fraction of sp³-hybridized carbons (Fsp3) is 0.818. The van der Waals surface area contributed by atoms with Crippen LogP contribution in [0.1, 0.15) is 40.0 Å². The maximum absolute atomic E-state index is 10.4. The van der Waals surface area contributed by atoms with Crippen LogP contribution < -0.4 is 5.73 Å². The highest BCUT2D eigenvalue weighted by Gasteiger charge is 2.17. The summed E-state index contributed by atoms with van der Waals surface area (Å²) in [5, 5.41) is -0.782. The largest absolute Gasteiger partial charge is 0.361 e. The van der Waals surface area contributed by atoms with Gasteiger partial charge in [0.1, 0.15) is 0 Å². The number of carbonyl (C=O) groups excluding carboxylic acids is 2. The zero-order chi connectivity index (χ0) is 13.8.